The fourth-order valence-corrected chi connectivity index (χ4v) is 3.32. The first-order valence-electron chi connectivity index (χ1n) is 8.32. The maximum Gasteiger partial charge on any atom is 0.254 e. The number of carbonyl (C=O) groups is 1. The molecule has 1 fully saturated rings. The van der Waals surface area contributed by atoms with E-state index in [1.54, 1.807) is 28.6 Å². The highest BCUT2D eigenvalue weighted by molar-refractivity contribution is 5.93. The number of aromatic nitrogens is 6. The summed E-state index contributed by atoms with van der Waals surface area (Å²) in [4.78, 5) is 23.1. The molecule has 1 amide bonds. The van der Waals surface area contributed by atoms with Gasteiger partial charge < -0.3 is 10.2 Å². The Morgan fingerprint density at radius 2 is 2.28 bits per heavy atom. The molecule has 1 aliphatic rings. The van der Waals surface area contributed by atoms with Gasteiger partial charge in [0.1, 0.15) is 12.1 Å². The van der Waals surface area contributed by atoms with E-state index in [0.717, 1.165) is 30.9 Å². The SMILES string of the molecule is Cc1cc(N2CCC[C@H]2CNC(=O)c2cnn(C)c2)n2ncnc2n1. The molecule has 0 saturated carbocycles. The van der Waals surface area contributed by atoms with Gasteiger partial charge in [0.15, 0.2) is 0 Å². The minimum Gasteiger partial charge on any atom is -0.352 e. The van der Waals surface area contributed by atoms with Crippen LogP contribution in [0.15, 0.2) is 24.8 Å². The second-order valence-corrected chi connectivity index (χ2v) is 6.33. The van der Waals surface area contributed by atoms with E-state index in [0.29, 0.717) is 17.9 Å². The molecule has 3 aromatic heterocycles. The monoisotopic (exact) mass is 340 g/mol. The Balaban J connectivity index is 1.52. The van der Waals surface area contributed by atoms with Gasteiger partial charge in [-0.25, -0.2) is 4.98 Å². The number of anilines is 1. The first-order valence-corrected chi connectivity index (χ1v) is 8.32. The van der Waals surface area contributed by atoms with Crippen molar-refractivity contribution in [3.05, 3.63) is 36.0 Å². The zero-order valence-corrected chi connectivity index (χ0v) is 14.3. The van der Waals surface area contributed by atoms with Gasteiger partial charge in [-0.2, -0.15) is 19.7 Å². The van der Waals surface area contributed by atoms with E-state index in [2.05, 4.69) is 30.4 Å². The number of hydrogen-bond acceptors (Lipinski definition) is 6. The minimum absolute atomic E-state index is 0.100. The lowest BCUT2D eigenvalue weighted by Crippen LogP contribution is -2.41. The van der Waals surface area contributed by atoms with Crippen molar-refractivity contribution < 1.29 is 4.79 Å². The van der Waals surface area contributed by atoms with Gasteiger partial charge in [0, 0.05) is 44.1 Å². The zero-order valence-electron chi connectivity index (χ0n) is 14.3. The predicted octanol–water partition coefficient (Wildman–Crippen LogP) is 0.565. The molecule has 0 unspecified atom stereocenters. The van der Waals surface area contributed by atoms with Crippen molar-refractivity contribution >= 4 is 17.5 Å². The topological polar surface area (TPSA) is 93.2 Å². The summed E-state index contributed by atoms with van der Waals surface area (Å²) in [6.07, 6.45) is 6.90. The fraction of sp³-hybridized carbons (Fsp3) is 0.438. The van der Waals surface area contributed by atoms with Crippen LogP contribution in [0.2, 0.25) is 0 Å². The molecule has 4 heterocycles. The summed E-state index contributed by atoms with van der Waals surface area (Å²) in [5.41, 5.74) is 1.48. The van der Waals surface area contributed by atoms with E-state index < -0.39 is 0 Å². The highest BCUT2D eigenvalue weighted by Gasteiger charge is 2.27. The van der Waals surface area contributed by atoms with E-state index in [4.69, 9.17) is 0 Å². The molecule has 3 aromatic rings. The third-order valence-corrected chi connectivity index (χ3v) is 4.50. The first kappa shape index (κ1) is 15.6. The van der Waals surface area contributed by atoms with Crippen molar-refractivity contribution in [1.29, 1.82) is 0 Å². The number of rotatable bonds is 4. The van der Waals surface area contributed by atoms with Gasteiger partial charge in [-0.15, -0.1) is 0 Å². The summed E-state index contributed by atoms with van der Waals surface area (Å²) in [6, 6.07) is 2.23. The Kier molecular flexibility index (Phi) is 3.83. The van der Waals surface area contributed by atoms with Crippen molar-refractivity contribution in [1.82, 2.24) is 34.7 Å². The largest absolute Gasteiger partial charge is 0.352 e. The van der Waals surface area contributed by atoms with Gasteiger partial charge in [-0.1, -0.05) is 0 Å². The van der Waals surface area contributed by atoms with Crippen LogP contribution in [-0.4, -0.2) is 54.4 Å². The highest BCUT2D eigenvalue weighted by atomic mass is 16.1. The minimum atomic E-state index is -0.100. The molecule has 0 radical (unpaired) electrons. The number of aryl methyl sites for hydroxylation is 2. The van der Waals surface area contributed by atoms with Crippen LogP contribution in [0.1, 0.15) is 28.9 Å². The number of fused-ring (bicyclic) bond motifs is 1. The second-order valence-electron chi connectivity index (χ2n) is 6.33. The lowest BCUT2D eigenvalue weighted by molar-refractivity contribution is 0.0951. The summed E-state index contributed by atoms with van der Waals surface area (Å²) in [7, 11) is 1.80. The molecule has 9 heteroatoms. The van der Waals surface area contributed by atoms with Gasteiger partial charge >= 0.3 is 0 Å². The van der Waals surface area contributed by atoms with Crippen molar-refractivity contribution in [2.24, 2.45) is 7.05 Å². The van der Waals surface area contributed by atoms with E-state index in [1.165, 1.54) is 6.33 Å². The van der Waals surface area contributed by atoms with Gasteiger partial charge in [-0.3, -0.25) is 9.48 Å². The lowest BCUT2D eigenvalue weighted by Gasteiger charge is -2.27. The van der Waals surface area contributed by atoms with Crippen LogP contribution in [0.4, 0.5) is 5.82 Å². The third-order valence-electron chi connectivity index (χ3n) is 4.50. The molecule has 1 saturated heterocycles. The van der Waals surface area contributed by atoms with Crippen LogP contribution < -0.4 is 10.2 Å². The Hall–Kier alpha value is -2.97. The maximum atomic E-state index is 12.3. The number of hydrogen-bond donors (Lipinski definition) is 1. The molecule has 4 rings (SSSR count). The van der Waals surface area contributed by atoms with Crippen molar-refractivity contribution in [3.63, 3.8) is 0 Å². The van der Waals surface area contributed by atoms with Crippen molar-refractivity contribution in [3.8, 4) is 0 Å². The maximum absolute atomic E-state index is 12.3. The number of carbonyl (C=O) groups excluding carboxylic acids is 1. The van der Waals surface area contributed by atoms with Crippen molar-refractivity contribution in [2.45, 2.75) is 25.8 Å². The molecule has 0 bridgehead atoms. The summed E-state index contributed by atoms with van der Waals surface area (Å²) >= 11 is 0. The quantitative estimate of drug-likeness (QED) is 0.746. The van der Waals surface area contributed by atoms with E-state index in [9.17, 15) is 4.79 Å². The Bertz CT molecular complexity index is 914. The summed E-state index contributed by atoms with van der Waals surface area (Å²) in [5.74, 6) is 1.47. The third kappa shape index (κ3) is 2.92. The molecule has 1 aliphatic heterocycles. The predicted molar refractivity (Wildman–Crippen MR) is 91.4 cm³/mol. The van der Waals surface area contributed by atoms with Crippen LogP contribution >= 0.6 is 0 Å². The highest BCUT2D eigenvalue weighted by Crippen LogP contribution is 2.25. The molecule has 0 aliphatic carbocycles. The Labute approximate surface area is 144 Å². The van der Waals surface area contributed by atoms with Crippen molar-refractivity contribution in [2.75, 3.05) is 18.0 Å². The van der Waals surface area contributed by atoms with Gasteiger partial charge in [0.05, 0.1) is 11.8 Å². The normalized spacial score (nSPS) is 17.4. The fourth-order valence-electron chi connectivity index (χ4n) is 3.32. The van der Waals surface area contributed by atoms with Crippen LogP contribution in [0, 0.1) is 6.92 Å². The molecule has 9 nitrogen and oxygen atoms in total. The second kappa shape index (κ2) is 6.15. The molecule has 130 valence electrons. The molecule has 1 atom stereocenters. The van der Waals surface area contributed by atoms with Gasteiger partial charge in [-0.05, 0) is 19.8 Å². The Morgan fingerprint density at radius 1 is 1.40 bits per heavy atom. The standard InChI is InChI=1S/C16H20N8O/c1-11-6-14(24-16(21-11)18-10-20-24)23-5-3-4-13(23)8-17-15(25)12-7-19-22(2)9-12/h6-7,9-10,13H,3-5,8H2,1-2H3,(H,17,25)/t13-/m0/s1. The van der Waals surface area contributed by atoms with Gasteiger partial charge in [0.2, 0.25) is 0 Å². The number of nitrogens with one attached hydrogen (secondary N) is 1. The summed E-state index contributed by atoms with van der Waals surface area (Å²) in [6.45, 7) is 3.45. The van der Waals surface area contributed by atoms with E-state index in [-0.39, 0.29) is 11.9 Å². The molecule has 0 spiro atoms. The van der Waals surface area contributed by atoms with Crippen LogP contribution in [0.3, 0.4) is 0 Å². The zero-order chi connectivity index (χ0) is 17.4. The van der Waals surface area contributed by atoms with E-state index in [1.807, 2.05) is 13.0 Å². The van der Waals surface area contributed by atoms with Crippen LogP contribution in [0.25, 0.3) is 5.78 Å². The number of nitrogens with zero attached hydrogens (tertiary/aromatic N) is 7. The van der Waals surface area contributed by atoms with Gasteiger partial charge in [0.25, 0.3) is 11.7 Å². The average Bonchev–Trinajstić information content (AvgIpc) is 3.31. The number of amides is 1. The lowest BCUT2D eigenvalue weighted by atomic mass is 10.2. The molecule has 0 aromatic carbocycles. The molecule has 1 N–H and O–H groups in total. The molecular formula is C16H20N8O. The van der Waals surface area contributed by atoms with E-state index >= 15 is 0 Å². The average molecular weight is 340 g/mol. The Morgan fingerprint density at radius 3 is 3.08 bits per heavy atom. The molecular weight excluding hydrogens is 320 g/mol. The molecule has 25 heavy (non-hydrogen) atoms. The summed E-state index contributed by atoms with van der Waals surface area (Å²) < 4.78 is 3.38. The summed E-state index contributed by atoms with van der Waals surface area (Å²) in [5, 5.41) is 11.3. The first-order chi connectivity index (χ1) is 12.1. The van der Waals surface area contributed by atoms with Crippen LogP contribution in [0.5, 0.6) is 0 Å². The van der Waals surface area contributed by atoms with Crippen LogP contribution in [-0.2, 0) is 7.05 Å². The smallest absolute Gasteiger partial charge is 0.254 e.